The molecule has 0 bridgehead atoms. The molecule has 0 heterocycles. The van der Waals surface area contributed by atoms with Crippen LogP contribution in [0.25, 0.3) is 0 Å². The van der Waals surface area contributed by atoms with Crippen molar-refractivity contribution in [3.8, 4) is 11.5 Å². The van der Waals surface area contributed by atoms with Crippen LogP contribution in [0, 0.1) is 0 Å². The molecular formula is C21H19N3O3. The molecule has 136 valence electrons. The van der Waals surface area contributed by atoms with Crippen molar-refractivity contribution in [3.63, 3.8) is 0 Å². The molecule has 0 atom stereocenters. The van der Waals surface area contributed by atoms with Crippen molar-refractivity contribution in [2.45, 2.75) is 6.92 Å². The molecule has 6 heteroatoms. The number of nitrogens with one attached hydrogen (secondary N) is 3. The smallest absolute Gasteiger partial charge is 0.323 e. The summed E-state index contributed by atoms with van der Waals surface area (Å²) in [5, 5.41) is 8.20. The Balaban J connectivity index is 1.65. The molecule has 0 fully saturated rings. The molecule has 0 aliphatic heterocycles. The van der Waals surface area contributed by atoms with Gasteiger partial charge in [-0.15, -0.1) is 0 Å². The zero-order valence-electron chi connectivity index (χ0n) is 14.7. The summed E-state index contributed by atoms with van der Waals surface area (Å²) in [6, 6.07) is 23.0. The summed E-state index contributed by atoms with van der Waals surface area (Å²) < 4.78 is 5.83. The molecule has 0 aliphatic rings. The van der Waals surface area contributed by atoms with Crippen molar-refractivity contribution in [1.29, 1.82) is 0 Å². The second-order valence-electron chi connectivity index (χ2n) is 5.75. The van der Waals surface area contributed by atoms with E-state index in [4.69, 9.17) is 4.74 Å². The third kappa shape index (κ3) is 5.34. The molecule has 3 rings (SSSR count). The molecular weight excluding hydrogens is 342 g/mol. The SMILES string of the molecule is CC(=O)Nc1ccc(NC(=O)Nc2ccccc2Oc2ccccc2)cc1. The number of ether oxygens (including phenoxy) is 1. The van der Waals surface area contributed by atoms with Gasteiger partial charge in [0.25, 0.3) is 0 Å². The molecule has 0 unspecified atom stereocenters. The normalized spacial score (nSPS) is 9.96. The molecule has 6 nitrogen and oxygen atoms in total. The Morgan fingerprint density at radius 1 is 0.704 bits per heavy atom. The average Bonchev–Trinajstić information content (AvgIpc) is 2.65. The minimum atomic E-state index is -0.397. The van der Waals surface area contributed by atoms with Gasteiger partial charge in [0.15, 0.2) is 5.75 Å². The number of carbonyl (C=O) groups is 2. The fraction of sp³-hybridized carbons (Fsp3) is 0.0476. The Labute approximate surface area is 157 Å². The van der Waals surface area contributed by atoms with Gasteiger partial charge < -0.3 is 20.7 Å². The lowest BCUT2D eigenvalue weighted by Crippen LogP contribution is -2.19. The van der Waals surface area contributed by atoms with Crippen molar-refractivity contribution in [3.05, 3.63) is 78.9 Å². The molecule has 0 spiro atoms. The summed E-state index contributed by atoms with van der Waals surface area (Å²) in [4.78, 5) is 23.3. The van der Waals surface area contributed by atoms with Crippen LogP contribution in [0.1, 0.15) is 6.92 Å². The fourth-order valence-corrected chi connectivity index (χ4v) is 2.40. The molecule has 0 aliphatic carbocycles. The minimum Gasteiger partial charge on any atom is -0.455 e. The summed E-state index contributed by atoms with van der Waals surface area (Å²) in [6.45, 7) is 1.44. The Kier molecular flexibility index (Phi) is 5.69. The van der Waals surface area contributed by atoms with Crippen LogP contribution < -0.4 is 20.7 Å². The highest BCUT2D eigenvalue weighted by atomic mass is 16.5. The van der Waals surface area contributed by atoms with Gasteiger partial charge in [0.1, 0.15) is 5.75 Å². The van der Waals surface area contributed by atoms with E-state index < -0.39 is 6.03 Å². The van der Waals surface area contributed by atoms with Crippen molar-refractivity contribution in [1.82, 2.24) is 0 Å². The van der Waals surface area contributed by atoms with Gasteiger partial charge in [0.2, 0.25) is 5.91 Å². The molecule has 3 aromatic carbocycles. The highest BCUT2D eigenvalue weighted by Gasteiger charge is 2.09. The summed E-state index contributed by atoms with van der Waals surface area (Å²) in [5.74, 6) is 1.07. The van der Waals surface area contributed by atoms with Crippen LogP contribution in [0.3, 0.4) is 0 Å². The van der Waals surface area contributed by atoms with Gasteiger partial charge in [0.05, 0.1) is 5.69 Å². The second kappa shape index (κ2) is 8.53. The molecule has 0 aromatic heterocycles. The Morgan fingerprint density at radius 3 is 1.96 bits per heavy atom. The lowest BCUT2D eigenvalue weighted by atomic mass is 10.2. The molecule has 3 N–H and O–H groups in total. The van der Waals surface area contributed by atoms with E-state index >= 15 is 0 Å². The summed E-state index contributed by atoms with van der Waals surface area (Å²) in [6.07, 6.45) is 0. The lowest BCUT2D eigenvalue weighted by Gasteiger charge is -2.13. The first-order chi connectivity index (χ1) is 13.1. The van der Waals surface area contributed by atoms with Gasteiger partial charge in [-0.1, -0.05) is 30.3 Å². The van der Waals surface area contributed by atoms with E-state index in [0.717, 1.165) is 0 Å². The zero-order valence-corrected chi connectivity index (χ0v) is 14.7. The monoisotopic (exact) mass is 361 g/mol. The van der Waals surface area contributed by atoms with Crippen LogP contribution in [0.4, 0.5) is 21.9 Å². The Hall–Kier alpha value is -3.80. The van der Waals surface area contributed by atoms with E-state index in [2.05, 4.69) is 16.0 Å². The first-order valence-corrected chi connectivity index (χ1v) is 8.38. The predicted octanol–water partition coefficient (Wildman–Crippen LogP) is 5.08. The molecule has 27 heavy (non-hydrogen) atoms. The number of para-hydroxylation sites is 3. The van der Waals surface area contributed by atoms with E-state index in [-0.39, 0.29) is 5.91 Å². The van der Waals surface area contributed by atoms with Gasteiger partial charge in [-0.2, -0.15) is 0 Å². The molecule has 0 saturated carbocycles. The van der Waals surface area contributed by atoms with Crippen LogP contribution in [0.2, 0.25) is 0 Å². The highest BCUT2D eigenvalue weighted by Crippen LogP contribution is 2.29. The first kappa shape index (κ1) is 18.0. The van der Waals surface area contributed by atoms with Crippen LogP contribution >= 0.6 is 0 Å². The summed E-state index contributed by atoms with van der Waals surface area (Å²) in [7, 11) is 0. The average molecular weight is 361 g/mol. The maximum absolute atomic E-state index is 12.3. The summed E-state index contributed by atoms with van der Waals surface area (Å²) in [5.41, 5.74) is 1.81. The second-order valence-corrected chi connectivity index (χ2v) is 5.75. The molecule has 3 amide bonds. The van der Waals surface area contributed by atoms with E-state index in [9.17, 15) is 9.59 Å². The number of hydrogen-bond donors (Lipinski definition) is 3. The number of carbonyl (C=O) groups excluding carboxylic acids is 2. The number of urea groups is 1. The van der Waals surface area contributed by atoms with Crippen molar-refractivity contribution < 1.29 is 14.3 Å². The highest BCUT2D eigenvalue weighted by molar-refractivity contribution is 6.01. The molecule has 0 radical (unpaired) electrons. The largest absolute Gasteiger partial charge is 0.455 e. The van der Waals surface area contributed by atoms with Crippen LogP contribution in [-0.4, -0.2) is 11.9 Å². The number of hydrogen-bond acceptors (Lipinski definition) is 3. The molecule has 3 aromatic rings. The van der Waals surface area contributed by atoms with E-state index in [1.54, 1.807) is 36.4 Å². The van der Waals surface area contributed by atoms with Gasteiger partial charge in [-0.05, 0) is 48.5 Å². The van der Waals surface area contributed by atoms with Crippen molar-refractivity contribution >= 4 is 29.0 Å². The van der Waals surface area contributed by atoms with E-state index in [1.165, 1.54) is 6.92 Å². The predicted molar refractivity (Wildman–Crippen MR) is 106 cm³/mol. The Morgan fingerprint density at radius 2 is 1.30 bits per heavy atom. The quantitative estimate of drug-likeness (QED) is 0.593. The fourth-order valence-electron chi connectivity index (χ4n) is 2.40. The number of benzene rings is 3. The van der Waals surface area contributed by atoms with Crippen LogP contribution in [0.15, 0.2) is 78.9 Å². The van der Waals surface area contributed by atoms with Crippen molar-refractivity contribution in [2.75, 3.05) is 16.0 Å². The van der Waals surface area contributed by atoms with E-state index in [0.29, 0.717) is 28.6 Å². The zero-order chi connectivity index (χ0) is 19.1. The van der Waals surface area contributed by atoms with Crippen LogP contribution in [-0.2, 0) is 4.79 Å². The third-order valence-corrected chi connectivity index (χ3v) is 3.57. The summed E-state index contributed by atoms with van der Waals surface area (Å²) >= 11 is 0. The van der Waals surface area contributed by atoms with Gasteiger partial charge in [0, 0.05) is 18.3 Å². The number of rotatable bonds is 5. The third-order valence-electron chi connectivity index (χ3n) is 3.57. The number of amides is 3. The Bertz CT molecular complexity index is 925. The van der Waals surface area contributed by atoms with E-state index in [1.807, 2.05) is 42.5 Å². The standard InChI is InChI=1S/C21H19N3O3/c1-15(25)22-16-11-13-17(14-12-16)23-21(26)24-19-9-5-6-10-20(19)27-18-7-3-2-4-8-18/h2-14H,1H3,(H,22,25)(H2,23,24,26). The number of anilines is 3. The van der Waals surface area contributed by atoms with Crippen LogP contribution in [0.5, 0.6) is 11.5 Å². The molecule has 0 saturated heterocycles. The minimum absolute atomic E-state index is 0.150. The van der Waals surface area contributed by atoms with Gasteiger partial charge >= 0.3 is 6.03 Å². The van der Waals surface area contributed by atoms with Crippen molar-refractivity contribution in [2.24, 2.45) is 0 Å². The maximum Gasteiger partial charge on any atom is 0.323 e. The topological polar surface area (TPSA) is 79.5 Å². The van der Waals surface area contributed by atoms with Gasteiger partial charge in [-0.25, -0.2) is 4.79 Å². The van der Waals surface area contributed by atoms with Gasteiger partial charge in [-0.3, -0.25) is 4.79 Å². The first-order valence-electron chi connectivity index (χ1n) is 8.38. The maximum atomic E-state index is 12.3. The lowest BCUT2D eigenvalue weighted by molar-refractivity contribution is -0.114.